The maximum absolute atomic E-state index is 14.7. The minimum Gasteiger partial charge on any atom is -0.394 e. The summed E-state index contributed by atoms with van der Waals surface area (Å²) in [7, 11) is -3.48. The van der Waals surface area contributed by atoms with Gasteiger partial charge in [-0.15, -0.1) is 11.8 Å². The number of aliphatic hydroxyl groups is 2. The Hall–Kier alpha value is -2.84. The van der Waals surface area contributed by atoms with Gasteiger partial charge in [-0.05, 0) is 42.7 Å². The highest BCUT2D eigenvalue weighted by molar-refractivity contribution is 7.99. The highest BCUT2D eigenvalue weighted by Gasteiger charge is 2.20. The number of benzene rings is 2. The Bertz CT molecular complexity index is 1340. The first-order valence-electron chi connectivity index (χ1n) is 10.5. The number of pyridine rings is 1. The standard InChI is InChI=1S/C23H25FN4O5S3/c1-34-16-6-7-19(18(24)9-16)27-20-11-25-12-21(22(20)23(31)26-10-15(30)13-29)35-17-5-3-4-14(8-17)28-36(2,32)33/h3-9,11-12,15,27-30H,10,13H2,1-2H3,(H,26,31)/t15-/m0/s1. The second kappa shape index (κ2) is 12.4. The Morgan fingerprint density at radius 1 is 1.14 bits per heavy atom. The second-order valence-electron chi connectivity index (χ2n) is 7.58. The molecule has 0 aliphatic heterocycles. The summed E-state index contributed by atoms with van der Waals surface area (Å²) in [5.41, 5.74) is 0.838. The molecule has 5 N–H and O–H groups in total. The molecule has 1 amide bonds. The number of aromatic nitrogens is 1. The number of aliphatic hydroxyl groups excluding tert-OH is 2. The molecule has 0 spiro atoms. The van der Waals surface area contributed by atoms with Gasteiger partial charge >= 0.3 is 0 Å². The number of hydrogen-bond donors (Lipinski definition) is 5. The number of amides is 1. The maximum Gasteiger partial charge on any atom is 0.254 e. The molecule has 192 valence electrons. The zero-order valence-electron chi connectivity index (χ0n) is 19.4. The van der Waals surface area contributed by atoms with Crippen molar-refractivity contribution < 1.29 is 27.8 Å². The Morgan fingerprint density at radius 2 is 1.92 bits per heavy atom. The summed E-state index contributed by atoms with van der Waals surface area (Å²) >= 11 is 2.54. The molecule has 0 unspecified atom stereocenters. The van der Waals surface area contributed by atoms with Crippen LogP contribution >= 0.6 is 23.5 Å². The van der Waals surface area contributed by atoms with E-state index in [4.69, 9.17) is 5.11 Å². The van der Waals surface area contributed by atoms with Gasteiger partial charge in [0.25, 0.3) is 5.91 Å². The number of rotatable bonds is 11. The van der Waals surface area contributed by atoms with E-state index in [1.165, 1.54) is 30.2 Å². The third-order valence-corrected chi connectivity index (χ3v) is 7.01. The first-order valence-corrected chi connectivity index (χ1v) is 14.4. The van der Waals surface area contributed by atoms with Crippen molar-refractivity contribution in [3.05, 3.63) is 66.2 Å². The zero-order valence-corrected chi connectivity index (χ0v) is 21.8. The smallest absolute Gasteiger partial charge is 0.254 e. The van der Waals surface area contributed by atoms with E-state index in [9.17, 15) is 22.7 Å². The Labute approximate surface area is 217 Å². The molecule has 1 heterocycles. The number of thioether (sulfide) groups is 1. The van der Waals surface area contributed by atoms with Gasteiger partial charge in [0.05, 0.1) is 42.1 Å². The maximum atomic E-state index is 14.7. The van der Waals surface area contributed by atoms with Gasteiger partial charge in [0, 0.05) is 33.1 Å². The third-order valence-electron chi connectivity index (χ3n) is 4.66. The van der Waals surface area contributed by atoms with Crippen molar-refractivity contribution in [1.29, 1.82) is 0 Å². The molecule has 36 heavy (non-hydrogen) atoms. The summed E-state index contributed by atoms with van der Waals surface area (Å²) in [6.45, 7) is -0.734. The molecular weight excluding hydrogens is 527 g/mol. The van der Waals surface area contributed by atoms with Crippen molar-refractivity contribution >= 4 is 56.5 Å². The fraction of sp³-hybridized carbons (Fsp3) is 0.217. The van der Waals surface area contributed by atoms with E-state index in [2.05, 4.69) is 20.3 Å². The molecule has 3 rings (SSSR count). The number of halogens is 1. The highest BCUT2D eigenvalue weighted by Crippen LogP contribution is 2.36. The van der Waals surface area contributed by atoms with Crippen LogP contribution in [0.2, 0.25) is 0 Å². The molecule has 1 atom stereocenters. The molecule has 3 aromatic rings. The molecule has 0 radical (unpaired) electrons. The van der Waals surface area contributed by atoms with Crippen molar-refractivity contribution in [3.63, 3.8) is 0 Å². The molecular formula is C23H25FN4O5S3. The van der Waals surface area contributed by atoms with Crippen LogP contribution in [0.3, 0.4) is 0 Å². The summed E-state index contributed by atoms with van der Waals surface area (Å²) < 4.78 is 40.2. The van der Waals surface area contributed by atoms with Gasteiger partial charge in [-0.1, -0.05) is 17.8 Å². The average Bonchev–Trinajstić information content (AvgIpc) is 2.82. The van der Waals surface area contributed by atoms with E-state index in [1.54, 1.807) is 36.4 Å². The van der Waals surface area contributed by atoms with Gasteiger partial charge in [-0.3, -0.25) is 14.5 Å². The molecule has 0 saturated carbocycles. The molecule has 0 saturated heterocycles. The molecule has 0 fully saturated rings. The lowest BCUT2D eigenvalue weighted by molar-refractivity contribution is 0.0800. The van der Waals surface area contributed by atoms with Gasteiger partial charge in [0.2, 0.25) is 10.0 Å². The van der Waals surface area contributed by atoms with E-state index >= 15 is 0 Å². The van der Waals surface area contributed by atoms with Gasteiger partial charge in [0.15, 0.2) is 0 Å². The summed E-state index contributed by atoms with van der Waals surface area (Å²) in [6.07, 6.45) is 4.55. The number of nitrogens with zero attached hydrogens (tertiary/aromatic N) is 1. The van der Waals surface area contributed by atoms with E-state index in [-0.39, 0.29) is 23.5 Å². The molecule has 9 nitrogen and oxygen atoms in total. The number of hydrogen-bond acceptors (Lipinski definition) is 9. The van der Waals surface area contributed by atoms with Crippen molar-refractivity contribution in [2.24, 2.45) is 0 Å². The van der Waals surface area contributed by atoms with Crippen LogP contribution in [-0.2, 0) is 10.0 Å². The van der Waals surface area contributed by atoms with E-state index < -0.39 is 34.5 Å². The minimum atomic E-state index is -3.48. The van der Waals surface area contributed by atoms with Gasteiger partial charge in [-0.25, -0.2) is 12.8 Å². The van der Waals surface area contributed by atoms with E-state index in [0.29, 0.717) is 15.5 Å². The first-order chi connectivity index (χ1) is 17.1. The number of carbonyl (C=O) groups excluding carboxylic acids is 1. The van der Waals surface area contributed by atoms with Crippen LogP contribution in [0.5, 0.6) is 0 Å². The largest absolute Gasteiger partial charge is 0.394 e. The molecule has 2 aromatic carbocycles. The summed E-state index contributed by atoms with van der Waals surface area (Å²) in [5.74, 6) is -1.09. The minimum absolute atomic E-state index is 0.134. The summed E-state index contributed by atoms with van der Waals surface area (Å²) in [5, 5.41) is 24.2. The van der Waals surface area contributed by atoms with E-state index in [1.807, 2.05) is 6.26 Å². The van der Waals surface area contributed by atoms with Crippen LogP contribution in [0, 0.1) is 5.82 Å². The number of sulfonamides is 1. The molecule has 1 aromatic heterocycles. The predicted molar refractivity (Wildman–Crippen MR) is 140 cm³/mol. The van der Waals surface area contributed by atoms with Crippen molar-refractivity contribution in [1.82, 2.24) is 10.3 Å². The van der Waals surface area contributed by atoms with Crippen LogP contribution in [0.1, 0.15) is 10.4 Å². The van der Waals surface area contributed by atoms with Crippen molar-refractivity contribution in [2.75, 3.05) is 35.7 Å². The van der Waals surface area contributed by atoms with Crippen molar-refractivity contribution in [2.45, 2.75) is 20.8 Å². The number of anilines is 3. The van der Waals surface area contributed by atoms with Crippen LogP contribution in [0.4, 0.5) is 21.5 Å². The SMILES string of the molecule is CSc1ccc(Nc2cncc(Sc3cccc(NS(C)(=O)=O)c3)c2C(=O)NC[C@H](O)CO)c(F)c1. The zero-order chi connectivity index (χ0) is 26.3. The first kappa shape index (κ1) is 27.7. The molecule has 0 aliphatic rings. The lowest BCUT2D eigenvalue weighted by atomic mass is 10.2. The molecule has 13 heteroatoms. The third kappa shape index (κ3) is 7.83. The molecule has 0 aliphatic carbocycles. The highest BCUT2D eigenvalue weighted by atomic mass is 32.2. The van der Waals surface area contributed by atoms with Gasteiger partial charge < -0.3 is 20.8 Å². The van der Waals surface area contributed by atoms with Crippen LogP contribution in [-0.4, -0.2) is 61.3 Å². The Balaban J connectivity index is 1.99. The van der Waals surface area contributed by atoms with Crippen LogP contribution < -0.4 is 15.4 Å². The van der Waals surface area contributed by atoms with Crippen LogP contribution in [0.25, 0.3) is 0 Å². The number of carbonyl (C=O) groups is 1. The summed E-state index contributed by atoms with van der Waals surface area (Å²) in [6, 6.07) is 11.2. The van der Waals surface area contributed by atoms with Crippen LogP contribution in [0.15, 0.2) is 69.5 Å². The lowest BCUT2D eigenvalue weighted by Crippen LogP contribution is -2.34. The predicted octanol–water partition coefficient (Wildman–Crippen LogP) is 3.29. The van der Waals surface area contributed by atoms with Gasteiger partial charge in [0.1, 0.15) is 5.82 Å². The fourth-order valence-corrected chi connectivity index (χ4v) is 5.03. The van der Waals surface area contributed by atoms with E-state index in [0.717, 1.165) is 22.9 Å². The monoisotopic (exact) mass is 552 g/mol. The normalized spacial score (nSPS) is 12.1. The Morgan fingerprint density at radius 3 is 2.58 bits per heavy atom. The topological polar surface area (TPSA) is 141 Å². The average molecular weight is 553 g/mol. The second-order valence-corrected chi connectivity index (χ2v) is 11.3. The fourth-order valence-electron chi connectivity index (χ4n) is 3.04. The summed E-state index contributed by atoms with van der Waals surface area (Å²) in [4.78, 5) is 19.1. The van der Waals surface area contributed by atoms with Crippen molar-refractivity contribution in [3.8, 4) is 0 Å². The lowest BCUT2D eigenvalue weighted by Gasteiger charge is -2.17. The van der Waals surface area contributed by atoms with Gasteiger partial charge in [-0.2, -0.15) is 0 Å². The Kier molecular flexibility index (Phi) is 9.56. The molecule has 0 bridgehead atoms. The quantitative estimate of drug-likeness (QED) is 0.227. The number of nitrogens with one attached hydrogen (secondary N) is 3.